The number of benzene rings is 1. The normalized spacial score (nSPS) is 15.9. The van der Waals surface area contributed by atoms with E-state index in [9.17, 15) is 9.90 Å². The van der Waals surface area contributed by atoms with Gasteiger partial charge in [-0.15, -0.1) is 0 Å². The maximum Gasteiger partial charge on any atom is 0.254 e. The highest BCUT2D eigenvalue weighted by Crippen LogP contribution is 2.42. The molecule has 1 amide bonds. The number of aliphatic hydroxyl groups excluding tert-OH is 1. The first-order valence-electron chi connectivity index (χ1n) is 10.6. The largest absolute Gasteiger partial charge is 0.391 e. The molecule has 2 aromatic heterocycles. The fourth-order valence-electron chi connectivity index (χ4n) is 4.05. The smallest absolute Gasteiger partial charge is 0.254 e. The zero-order valence-electron chi connectivity index (χ0n) is 17.0. The first-order chi connectivity index (χ1) is 14.7. The summed E-state index contributed by atoms with van der Waals surface area (Å²) in [4.78, 5) is 22.2. The van der Waals surface area contributed by atoms with Crippen molar-refractivity contribution in [1.82, 2.24) is 25.1 Å². The Morgan fingerprint density at radius 2 is 2.03 bits per heavy atom. The Morgan fingerprint density at radius 1 is 1.23 bits per heavy atom. The summed E-state index contributed by atoms with van der Waals surface area (Å²) < 4.78 is 1.72. The molecule has 30 heavy (non-hydrogen) atoms. The molecule has 5 rings (SSSR count). The van der Waals surface area contributed by atoms with E-state index in [0.717, 1.165) is 48.2 Å². The van der Waals surface area contributed by atoms with Crippen molar-refractivity contribution in [3.63, 3.8) is 0 Å². The summed E-state index contributed by atoms with van der Waals surface area (Å²) in [6, 6.07) is 8.35. The molecule has 1 atom stereocenters. The minimum absolute atomic E-state index is 0.209. The van der Waals surface area contributed by atoms with Crippen LogP contribution in [0.3, 0.4) is 0 Å². The summed E-state index contributed by atoms with van der Waals surface area (Å²) in [5, 5.41) is 17.1. The Bertz CT molecular complexity index is 1100. The molecule has 1 saturated carbocycles. The molecule has 2 aliphatic rings. The summed E-state index contributed by atoms with van der Waals surface area (Å²) in [7, 11) is 0. The molecule has 0 bridgehead atoms. The van der Waals surface area contributed by atoms with Crippen LogP contribution in [0.5, 0.6) is 0 Å². The van der Waals surface area contributed by atoms with Crippen molar-refractivity contribution >= 4 is 5.91 Å². The Morgan fingerprint density at radius 3 is 2.83 bits per heavy atom. The lowest BCUT2D eigenvalue weighted by molar-refractivity contribution is 0.0913. The number of amides is 1. The molecule has 2 heterocycles. The first-order valence-corrected chi connectivity index (χ1v) is 10.6. The third kappa shape index (κ3) is 3.39. The molecule has 3 aromatic rings. The molecule has 154 valence electrons. The van der Waals surface area contributed by atoms with Crippen molar-refractivity contribution in [2.75, 3.05) is 6.54 Å². The van der Waals surface area contributed by atoms with E-state index in [0.29, 0.717) is 17.9 Å². The van der Waals surface area contributed by atoms with E-state index in [4.69, 9.17) is 4.98 Å². The number of rotatable bonds is 6. The van der Waals surface area contributed by atoms with Crippen molar-refractivity contribution < 1.29 is 9.90 Å². The SMILES string of the molecule is CCC(O)CNC(=O)c1cnn(-c2ncc3c(n2)-c2ccccc2CC3)c1C1CC1. The molecule has 0 spiro atoms. The number of carbonyl (C=O) groups is 1. The number of hydrogen-bond donors (Lipinski definition) is 2. The lowest BCUT2D eigenvalue weighted by Gasteiger charge is -2.19. The molecule has 7 heteroatoms. The maximum atomic E-state index is 12.7. The highest BCUT2D eigenvalue weighted by molar-refractivity contribution is 5.95. The van der Waals surface area contributed by atoms with Crippen molar-refractivity contribution in [3.8, 4) is 17.2 Å². The minimum atomic E-state index is -0.544. The van der Waals surface area contributed by atoms with E-state index in [2.05, 4.69) is 33.6 Å². The second-order valence-electron chi connectivity index (χ2n) is 8.10. The Labute approximate surface area is 175 Å². The van der Waals surface area contributed by atoms with E-state index in [1.165, 1.54) is 5.56 Å². The van der Waals surface area contributed by atoms with E-state index >= 15 is 0 Å². The lowest BCUT2D eigenvalue weighted by Crippen LogP contribution is -2.32. The lowest BCUT2D eigenvalue weighted by atomic mass is 9.90. The van der Waals surface area contributed by atoms with Gasteiger partial charge in [-0.25, -0.2) is 14.6 Å². The van der Waals surface area contributed by atoms with Crippen LogP contribution in [-0.4, -0.2) is 43.4 Å². The van der Waals surface area contributed by atoms with Crippen LogP contribution in [0, 0.1) is 0 Å². The van der Waals surface area contributed by atoms with Crippen LogP contribution in [0.1, 0.15) is 59.3 Å². The van der Waals surface area contributed by atoms with Gasteiger partial charge in [0, 0.05) is 24.2 Å². The highest BCUT2D eigenvalue weighted by Gasteiger charge is 2.34. The fraction of sp³-hybridized carbons (Fsp3) is 0.391. The predicted octanol–water partition coefficient (Wildman–Crippen LogP) is 2.81. The monoisotopic (exact) mass is 403 g/mol. The van der Waals surface area contributed by atoms with Gasteiger partial charge in [0.25, 0.3) is 11.9 Å². The second kappa shape index (κ2) is 7.65. The van der Waals surface area contributed by atoms with Gasteiger partial charge in [0.05, 0.1) is 29.3 Å². The van der Waals surface area contributed by atoms with Crippen LogP contribution in [0.25, 0.3) is 17.2 Å². The average Bonchev–Trinajstić information content (AvgIpc) is 3.54. The van der Waals surface area contributed by atoms with Gasteiger partial charge in [0.2, 0.25) is 0 Å². The zero-order chi connectivity index (χ0) is 20.7. The molecular formula is C23H25N5O2. The van der Waals surface area contributed by atoms with Crippen LogP contribution in [0.4, 0.5) is 0 Å². The van der Waals surface area contributed by atoms with Gasteiger partial charge >= 0.3 is 0 Å². The number of nitrogens with zero attached hydrogens (tertiary/aromatic N) is 4. The molecule has 0 saturated heterocycles. The van der Waals surface area contributed by atoms with E-state index in [1.807, 2.05) is 19.2 Å². The number of aliphatic hydroxyl groups is 1. The summed E-state index contributed by atoms with van der Waals surface area (Å²) in [6.45, 7) is 2.12. The Hall–Kier alpha value is -3.06. The van der Waals surface area contributed by atoms with Gasteiger partial charge in [-0.1, -0.05) is 31.2 Å². The average molecular weight is 403 g/mol. The van der Waals surface area contributed by atoms with Crippen molar-refractivity contribution in [3.05, 3.63) is 59.0 Å². The summed E-state index contributed by atoms with van der Waals surface area (Å²) >= 11 is 0. The summed E-state index contributed by atoms with van der Waals surface area (Å²) in [5.74, 6) is 0.579. The number of aryl methyl sites for hydroxylation is 2. The second-order valence-corrected chi connectivity index (χ2v) is 8.10. The van der Waals surface area contributed by atoms with E-state index < -0.39 is 6.10 Å². The topological polar surface area (TPSA) is 92.9 Å². The van der Waals surface area contributed by atoms with Gasteiger partial charge in [-0.3, -0.25) is 4.79 Å². The van der Waals surface area contributed by atoms with Crippen molar-refractivity contribution in [1.29, 1.82) is 0 Å². The molecule has 1 unspecified atom stereocenters. The molecule has 0 radical (unpaired) electrons. The van der Waals surface area contributed by atoms with Gasteiger partial charge < -0.3 is 10.4 Å². The zero-order valence-corrected chi connectivity index (χ0v) is 17.0. The standard InChI is InChI=1S/C23H25N5O2/c1-2-17(29)12-24-22(30)19-13-26-28(21(19)15-8-9-15)23-25-11-16-10-7-14-5-3-4-6-18(14)20(16)27-23/h3-6,11,13,15,17,29H,2,7-10,12H2,1H3,(H,24,30). The molecule has 2 aliphatic carbocycles. The number of hydrogen-bond acceptors (Lipinski definition) is 5. The molecule has 1 fully saturated rings. The maximum absolute atomic E-state index is 12.7. The molecule has 0 aliphatic heterocycles. The Kier molecular flexibility index (Phi) is 4.83. The summed E-state index contributed by atoms with van der Waals surface area (Å²) in [5.41, 5.74) is 5.95. The first kappa shape index (κ1) is 18.9. The van der Waals surface area contributed by atoms with Crippen molar-refractivity contribution in [2.24, 2.45) is 0 Å². The number of carbonyl (C=O) groups excluding carboxylic acids is 1. The van der Waals surface area contributed by atoms with E-state index in [1.54, 1.807) is 10.9 Å². The Balaban J connectivity index is 1.51. The molecule has 1 aromatic carbocycles. The highest BCUT2D eigenvalue weighted by atomic mass is 16.3. The molecular weight excluding hydrogens is 378 g/mol. The third-order valence-electron chi connectivity index (χ3n) is 5.96. The van der Waals surface area contributed by atoms with Gasteiger partial charge in [0.1, 0.15) is 0 Å². The van der Waals surface area contributed by atoms with Crippen LogP contribution >= 0.6 is 0 Å². The molecule has 7 nitrogen and oxygen atoms in total. The number of nitrogens with one attached hydrogen (secondary N) is 1. The van der Waals surface area contributed by atoms with Crippen LogP contribution < -0.4 is 5.32 Å². The number of fused-ring (bicyclic) bond motifs is 3. The number of aromatic nitrogens is 4. The van der Waals surface area contributed by atoms with Crippen LogP contribution in [0.15, 0.2) is 36.7 Å². The minimum Gasteiger partial charge on any atom is -0.391 e. The predicted molar refractivity (Wildman–Crippen MR) is 113 cm³/mol. The third-order valence-corrected chi connectivity index (χ3v) is 5.96. The van der Waals surface area contributed by atoms with Crippen LogP contribution in [-0.2, 0) is 12.8 Å². The van der Waals surface area contributed by atoms with Gasteiger partial charge in [0.15, 0.2) is 0 Å². The van der Waals surface area contributed by atoms with E-state index in [-0.39, 0.29) is 18.4 Å². The van der Waals surface area contributed by atoms with Gasteiger partial charge in [-0.2, -0.15) is 5.10 Å². The quantitative estimate of drug-likeness (QED) is 0.660. The van der Waals surface area contributed by atoms with Gasteiger partial charge in [-0.05, 0) is 43.2 Å². The molecule has 2 N–H and O–H groups in total. The van der Waals surface area contributed by atoms with Crippen LogP contribution in [0.2, 0.25) is 0 Å². The van der Waals surface area contributed by atoms with Crippen molar-refractivity contribution in [2.45, 2.75) is 51.0 Å². The fourth-order valence-corrected chi connectivity index (χ4v) is 4.05. The summed E-state index contributed by atoms with van der Waals surface area (Å²) in [6.07, 6.45) is 7.51.